The Morgan fingerprint density at radius 3 is 2.55 bits per heavy atom. The lowest BCUT2D eigenvalue weighted by Gasteiger charge is -2.09. The van der Waals surface area contributed by atoms with Gasteiger partial charge >= 0.3 is 6.18 Å². The van der Waals surface area contributed by atoms with Crippen LogP contribution in [0.1, 0.15) is 27.3 Å². The molecule has 4 nitrogen and oxygen atoms in total. The molecule has 0 fully saturated rings. The second kappa shape index (κ2) is 4.99. The number of H-pyrrole nitrogens is 1. The third-order valence-electron chi connectivity index (χ3n) is 2.82. The Kier molecular flexibility index (Phi) is 3.52. The Labute approximate surface area is 113 Å². The van der Waals surface area contributed by atoms with Crippen LogP contribution in [0.2, 0.25) is 0 Å². The highest BCUT2D eigenvalue weighted by molar-refractivity contribution is 6.04. The minimum absolute atomic E-state index is 0.0557. The fourth-order valence-corrected chi connectivity index (χ4v) is 1.76. The van der Waals surface area contributed by atoms with Crippen LogP contribution in [0.25, 0.3) is 0 Å². The number of aromatic nitrogens is 2. The topological polar surface area (TPSA) is 57.8 Å². The van der Waals surface area contributed by atoms with Crippen molar-refractivity contribution in [2.75, 3.05) is 5.32 Å². The summed E-state index contributed by atoms with van der Waals surface area (Å²) in [6, 6.07) is 4.27. The zero-order chi connectivity index (χ0) is 14.9. The lowest BCUT2D eigenvalue weighted by molar-refractivity contribution is -0.137. The molecule has 0 radical (unpaired) electrons. The van der Waals surface area contributed by atoms with Gasteiger partial charge < -0.3 is 5.32 Å². The smallest absolute Gasteiger partial charge is 0.319 e. The van der Waals surface area contributed by atoms with Gasteiger partial charge in [-0.2, -0.15) is 18.3 Å². The van der Waals surface area contributed by atoms with E-state index in [1.54, 1.807) is 13.8 Å². The van der Waals surface area contributed by atoms with E-state index in [2.05, 4.69) is 15.5 Å². The van der Waals surface area contributed by atoms with E-state index in [9.17, 15) is 18.0 Å². The first-order chi connectivity index (χ1) is 9.29. The summed E-state index contributed by atoms with van der Waals surface area (Å²) in [4.78, 5) is 12.0. The first kappa shape index (κ1) is 14.1. The Bertz CT molecular complexity index is 627. The molecule has 1 heterocycles. The van der Waals surface area contributed by atoms with Crippen molar-refractivity contribution in [3.63, 3.8) is 0 Å². The van der Waals surface area contributed by atoms with Crippen molar-refractivity contribution >= 4 is 11.6 Å². The predicted octanol–water partition coefficient (Wildman–Crippen LogP) is 3.30. The summed E-state index contributed by atoms with van der Waals surface area (Å²) in [5, 5.41) is 9.14. The summed E-state index contributed by atoms with van der Waals surface area (Å²) in [5.74, 6) is -0.608. The minimum Gasteiger partial charge on any atom is -0.319 e. The molecular formula is C13H12F3N3O. The second-order valence-electron chi connectivity index (χ2n) is 4.34. The van der Waals surface area contributed by atoms with Crippen LogP contribution >= 0.6 is 0 Å². The van der Waals surface area contributed by atoms with Crippen molar-refractivity contribution in [3.8, 4) is 0 Å². The van der Waals surface area contributed by atoms with Crippen molar-refractivity contribution in [1.29, 1.82) is 0 Å². The van der Waals surface area contributed by atoms with E-state index in [1.165, 1.54) is 12.1 Å². The number of amides is 1. The average molecular weight is 283 g/mol. The summed E-state index contributed by atoms with van der Waals surface area (Å²) < 4.78 is 37.8. The number of aryl methyl sites for hydroxylation is 2. The molecule has 1 aromatic heterocycles. The number of hydrogen-bond acceptors (Lipinski definition) is 2. The van der Waals surface area contributed by atoms with E-state index in [-0.39, 0.29) is 5.56 Å². The van der Waals surface area contributed by atoms with Gasteiger partial charge in [-0.3, -0.25) is 9.89 Å². The van der Waals surface area contributed by atoms with Crippen molar-refractivity contribution in [2.45, 2.75) is 20.0 Å². The normalized spacial score (nSPS) is 11.4. The lowest BCUT2D eigenvalue weighted by atomic mass is 10.1. The van der Waals surface area contributed by atoms with Gasteiger partial charge in [0, 0.05) is 5.56 Å². The number of alkyl halides is 3. The van der Waals surface area contributed by atoms with Gasteiger partial charge in [-0.25, -0.2) is 0 Å². The highest BCUT2D eigenvalue weighted by atomic mass is 19.4. The van der Waals surface area contributed by atoms with Crippen LogP contribution in [0.15, 0.2) is 24.3 Å². The van der Waals surface area contributed by atoms with E-state index < -0.39 is 17.6 Å². The third kappa shape index (κ3) is 2.81. The van der Waals surface area contributed by atoms with Crippen molar-refractivity contribution < 1.29 is 18.0 Å². The minimum atomic E-state index is -4.47. The maximum atomic E-state index is 12.6. The van der Waals surface area contributed by atoms with E-state index in [1.807, 2.05) is 0 Å². The van der Waals surface area contributed by atoms with Crippen LogP contribution in [-0.4, -0.2) is 16.1 Å². The molecule has 20 heavy (non-hydrogen) atoms. The van der Waals surface area contributed by atoms with E-state index in [0.29, 0.717) is 17.1 Å². The standard InChI is InChI=1S/C13H12F3N3O/c1-7-11(8(2)19-18-7)17-12(20)9-4-3-5-10(6-9)13(14,15)16/h3-6H,1-2H3,(H,17,20)(H,18,19). The van der Waals surface area contributed by atoms with Crippen LogP contribution in [-0.2, 0) is 6.18 Å². The molecule has 1 aromatic carbocycles. The van der Waals surface area contributed by atoms with E-state index >= 15 is 0 Å². The summed E-state index contributed by atoms with van der Waals surface area (Å²) >= 11 is 0. The van der Waals surface area contributed by atoms with Gasteiger partial charge in [-0.1, -0.05) is 6.07 Å². The van der Waals surface area contributed by atoms with E-state index in [0.717, 1.165) is 12.1 Å². The van der Waals surface area contributed by atoms with Gasteiger partial charge in [-0.15, -0.1) is 0 Å². The Hall–Kier alpha value is -2.31. The number of rotatable bonds is 2. The summed E-state index contributed by atoms with van der Waals surface area (Å²) in [5.41, 5.74) is 0.781. The largest absolute Gasteiger partial charge is 0.416 e. The summed E-state index contributed by atoms with van der Waals surface area (Å²) in [7, 11) is 0. The molecule has 7 heteroatoms. The van der Waals surface area contributed by atoms with Gasteiger partial charge in [0.15, 0.2) is 0 Å². The molecule has 0 atom stereocenters. The van der Waals surface area contributed by atoms with Gasteiger partial charge in [0.25, 0.3) is 5.91 Å². The van der Waals surface area contributed by atoms with Gasteiger partial charge in [-0.05, 0) is 32.0 Å². The number of anilines is 1. The summed E-state index contributed by atoms with van der Waals surface area (Å²) in [6.45, 7) is 3.40. The summed E-state index contributed by atoms with van der Waals surface area (Å²) in [6.07, 6.45) is -4.47. The number of hydrogen-bond donors (Lipinski definition) is 2. The Balaban J connectivity index is 2.26. The number of benzene rings is 1. The molecule has 1 amide bonds. The maximum Gasteiger partial charge on any atom is 0.416 e. The lowest BCUT2D eigenvalue weighted by Crippen LogP contribution is -2.14. The van der Waals surface area contributed by atoms with E-state index in [4.69, 9.17) is 0 Å². The molecule has 0 aliphatic carbocycles. The third-order valence-corrected chi connectivity index (χ3v) is 2.82. The molecule has 0 bridgehead atoms. The first-order valence-corrected chi connectivity index (χ1v) is 5.79. The van der Waals surface area contributed by atoms with Crippen molar-refractivity contribution in [3.05, 3.63) is 46.8 Å². The monoisotopic (exact) mass is 283 g/mol. The van der Waals surface area contributed by atoms with Crippen LogP contribution in [0.4, 0.5) is 18.9 Å². The first-order valence-electron chi connectivity index (χ1n) is 5.79. The molecule has 0 saturated heterocycles. The number of halogens is 3. The SMILES string of the molecule is Cc1n[nH]c(C)c1NC(=O)c1cccc(C(F)(F)F)c1. The molecule has 106 valence electrons. The molecule has 2 rings (SSSR count). The Morgan fingerprint density at radius 1 is 1.30 bits per heavy atom. The van der Waals surface area contributed by atoms with Crippen LogP contribution in [0.5, 0.6) is 0 Å². The highest BCUT2D eigenvalue weighted by Crippen LogP contribution is 2.29. The maximum absolute atomic E-state index is 12.6. The molecule has 0 saturated carbocycles. The number of carbonyl (C=O) groups excluding carboxylic acids is 1. The van der Waals surface area contributed by atoms with Crippen LogP contribution < -0.4 is 5.32 Å². The fourth-order valence-electron chi connectivity index (χ4n) is 1.76. The van der Waals surface area contributed by atoms with Crippen molar-refractivity contribution in [2.24, 2.45) is 0 Å². The van der Waals surface area contributed by atoms with Gasteiger partial charge in [0.1, 0.15) is 0 Å². The quantitative estimate of drug-likeness (QED) is 0.888. The average Bonchev–Trinajstić information content (AvgIpc) is 2.69. The van der Waals surface area contributed by atoms with Gasteiger partial charge in [0.05, 0.1) is 22.6 Å². The Morgan fingerprint density at radius 2 is 2.00 bits per heavy atom. The second-order valence-corrected chi connectivity index (χ2v) is 4.34. The fraction of sp³-hybridized carbons (Fsp3) is 0.231. The van der Waals surface area contributed by atoms with Crippen LogP contribution in [0.3, 0.4) is 0 Å². The molecule has 0 aliphatic heterocycles. The zero-order valence-electron chi connectivity index (χ0n) is 10.8. The molecule has 0 unspecified atom stereocenters. The molecular weight excluding hydrogens is 271 g/mol. The number of aromatic amines is 1. The molecule has 2 N–H and O–H groups in total. The van der Waals surface area contributed by atoms with Gasteiger partial charge in [0.2, 0.25) is 0 Å². The number of nitrogens with one attached hydrogen (secondary N) is 2. The predicted molar refractivity (Wildman–Crippen MR) is 67.5 cm³/mol. The number of nitrogens with zero attached hydrogens (tertiary/aromatic N) is 1. The molecule has 0 spiro atoms. The highest BCUT2D eigenvalue weighted by Gasteiger charge is 2.30. The zero-order valence-corrected chi connectivity index (χ0v) is 10.8. The molecule has 2 aromatic rings. The molecule has 0 aliphatic rings. The van der Waals surface area contributed by atoms with Crippen molar-refractivity contribution in [1.82, 2.24) is 10.2 Å². The van der Waals surface area contributed by atoms with Crippen LogP contribution in [0, 0.1) is 13.8 Å². The number of carbonyl (C=O) groups is 1.